The fourth-order valence-electron chi connectivity index (χ4n) is 2.65. The van der Waals surface area contributed by atoms with E-state index in [1.807, 2.05) is 20.8 Å². The molecule has 1 amide bonds. The predicted octanol–water partition coefficient (Wildman–Crippen LogP) is 0.582. The van der Waals surface area contributed by atoms with E-state index in [2.05, 4.69) is 22.0 Å². The zero-order valence-electron chi connectivity index (χ0n) is 13.1. The van der Waals surface area contributed by atoms with Crippen molar-refractivity contribution in [1.82, 2.24) is 15.1 Å². The van der Waals surface area contributed by atoms with Crippen LogP contribution in [-0.2, 0) is 4.79 Å². The first kappa shape index (κ1) is 17.3. The van der Waals surface area contributed by atoms with Gasteiger partial charge in [0.05, 0.1) is 17.1 Å². The lowest BCUT2D eigenvalue weighted by Crippen LogP contribution is -2.57. The van der Waals surface area contributed by atoms with Crippen LogP contribution in [0.25, 0.3) is 0 Å². The minimum atomic E-state index is -0.0792. The summed E-state index contributed by atoms with van der Waals surface area (Å²) in [4.78, 5) is 17.1. The number of piperazine rings is 1. The molecular formula is C14H28N4OS. The fraction of sp³-hybridized carbons (Fsp3) is 0.857. The van der Waals surface area contributed by atoms with Crippen LogP contribution in [0.5, 0.6) is 0 Å². The SMILES string of the molecule is CCC(C(N)=S)N1CCN(C(C)C(=O)NC(C)C)CC1. The molecule has 1 rings (SSSR count). The molecular weight excluding hydrogens is 272 g/mol. The molecule has 0 spiro atoms. The number of hydrogen-bond acceptors (Lipinski definition) is 4. The Morgan fingerprint density at radius 1 is 1.20 bits per heavy atom. The zero-order valence-corrected chi connectivity index (χ0v) is 13.9. The Bertz CT molecular complexity index is 340. The molecule has 116 valence electrons. The summed E-state index contributed by atoms with van der Waals surface area (Å²) in [6.07, 6.45) is 0.943. The molecule has 5 nitrogen and oxygen atoms in total. The maximum Gasteiger partial charge on any atom is 0.237 e. The minimum absolute atomic E-state index is 0.0792. The number of nitrogens with zero attached hydrogens (tertiary/aromatic N) is 2. The molecule has 1 fully saturated rings. The van der Waals surface area contributed by atoms with E-state index in [4.69, 9.17) is 18.0 Å². The van der Waals surface area contributed by atoms with Crippen molar-refractivity contribution in [3.8, 4) is 0 Å². The zero-order chi connectivity index (χ0) is 15.3. The Balaban J connectivity index is 2.49. The van der Waals surface area contributed by atoms with E-state index >= 15 is 0 Å². The molecule has 3 N–H and O–H groups in total. The highest BCUT2D eigenvalue weighted by Gasteiger charge is 2.29. The van der Waals surface area contributed by atoms with Gasteiger partial charge in [0.1, 0.15) is 0 Å². The summed E-state index contributed by atoms with van der Waals surface area (Å²) in [5.74, 6) is 0.106. The quantitative estimate of drug-likeness (QED) is 0.703. The number of rotatable bonds is 6. The van der Waals surface area contributed by atoms with E-state index in [0.717, 1.165) is 32.6 Å². The Hall–Kier alpha value is -0.720. The molecule has 0 aliphatic carbocycles. The van der Waals surface area contributed by atoms with E-state index < -0.39 is 0 Å². The number of amides is 1. The van der Waals surface area contributed by atoms with Gasteiger partial charge in [0.2, 0.25) is 5.91 Å². The van der Waals surface area contributed by atoms with Crippen LogP contribution in [0.3, 0.4) is 0 Å². The highest BCUT2D eigenvalue weighted by atomic mass is 32.1. The van der Waals surface area contributed by atoms with Gasteiger partial charge in [0, 0.05) is 32.2 Å². The molecule has 1 saturated heterocycles. The van der Waals surface area contributed by atoms with Gasteiger partial charge in [0.25, 0.3) is 0 Å². The van der Waals surface area contributed by atoms with E-state index in [9.17, 15) is 4.79 Å². The molecule has 0 saturated carbocycles. The molecule has 2 atom stereocenters. The lowest BCUT2D eigenvalue weighted by molar-refractivity contribution is -0.127. The molecule has 0 radical (unpaired) electrons. The van der Waals surface area contributed by atoms with Gasteiger partial charge in [-0.3, -0.25) is 14.6 Å². The van der Waals surface area contributed by atoms with Crippen molar-refractivity contribution in [1.29, 1.82) is 0 Å². The number of carbonyl (C=O) groups excluding carboxylic acids is 1. The van der Waals surface area contributed by atoms with Gasteiger partial charge in [0.15, 0.2) is 0 Å². The molecule has 1 aliphatic heterocycles. The van der Waals surface area contributed by atoms with Crippen LogP contribution < -0.4 is 11.1 Å². The third-order valence-electron chi connectivity index (χ3n) is 3.86. The van der Waals surface area contributed by atoms with Crippen LogP contribution in [0.15, 0.2) is 0 Å². The molecule has 1 heterocycles. The van der Waals surface area contributed by atoms with Gasteiger partial charge in [-0.25, -0.2) is 0 Å². The Morgan fingerprint density at radius 3 is 2.10 bits per heavy atom. The molecule has 2 unspecified atom stereocenters. The summed E-state index contributed by atoms with van der Waals surface area (Å²) in [5.41, 5.74) is 5.79. The standard InChI is InChI=1S/C14H28N4OS/c1-5-12(13(15)20)18-8-6-17(7-9-18)11(4)14(19)16-10(2)3/h10-12H,5-9H2,1-4H3,(H2,15,20)(H,16,19). The first-order valence-corrected chi connectivity index (χ1v) is 7.85. The monoisotopic (exact) mass is 300 g/mol. The molecule has 0 aromatic carbocycles. The van der Waals surface area contributed by atoms with Crippen molar-refractivity contribution in [3.05, 3.63) is 0 Å². The maximum absolute atomic E-state index is 12.0. The van der Waals surface area contributed by atoms with Crippen LogP contribution in [0.1, 0.15) is 34.1 Å². The summed E-state index contributed by atoms with van der Waals surface area (Å²) in [6.45, 7) is 11.6. The summed E-state index contributed by atoms with van der Waals surface area (Å²) >= 11 is 5.13. The molecule has 0 bridgehead atoms. The van der Waals surface area contributed by atoms with Gasteiger partial charge >= 0.3 is 0 Å². The number of nitrogens with two attached hydrogens (primary N) is 1. The van der Waals surface area contributed by atoms with E-state index in [-0.39, 0.29) is 24.0 Å². The van der Waals surface area contributed by atoms with Gasteiger partial charge in [-0.2, -0.15) is 0 Å². The predicted molar refractivity (Wildman–Crippen MR) is 86.8 cm³/mol. The third kappa shape index (κ3) is 4.68. The van der Waals surface area contributed by atoms with E-state index in [1.165, 1.54) is 0 Å². The maximum atomic E-state index is 12.0. The smallest absolute Gasteiger partial charge is 0.237 e. The van der Waals surface area contributed by atoms with Crippen molar-refractivity contribution in [3.63, 3.8) is 0 Å². The largest absolute Gasteiger partial charge is 0.392 e. The van der Waals surface area contributed by atoms with Crippen LogP contribution in [0.2, 0.25) is 0 Å². The van der Waals surface area contributed by atoms with Crippen LogP contribution in [-0.4, -0.2) is 65.0 Å². The average Bonchev–Trinajstić information content (AvgIpc) is 2.38. The number of hydrogen-bond donors (Lipinski definition) is 2. The summed E-state index contributed by atoms with van der Waals surface area (Å²) in [5, 5.41) is 2.97. The van der Waals surface area contributed by atoms with Gasteiger partial charge in [-0.15, -0.1) is 0 Å². The van der Waals surface area contributed by atoms with Crippen molar-refractivity contribution < 1.29 is 4.79 Å². The van der Waals surface area contributed by atoms with E-state index in [1.54, 1.807) is 0 Å². The van der Waals surface area contributed by atoms with E-state index in [0.29, 0.717) is 4.99 Å². The number of thiocarbonyl (C=S) groups is 1. The molecule has 20 heavy (non-hydrogen) atoms. The number of nitrogens with one attached hydrogen (secondary N) is 1. The average molecular weight is 300 g/mol. The molecule has 0 aromatic heterocycles. The van der Waals surface area contributed by atoms with Crippen molar-refractivity contribution in [2.45, 2.75) is 52.2 Å². The molecule has 6 heteroatoms. The second kappa shape index (κ2) is 7.90. The Labute approximate surface area is 127 Å². The lowest BCUT2D eigenvalue weighted by atomic mass is 10.1. The summed E-state index contributed by atoms with van der Waals surface area (Å²) < 4.78 is 0. The highest BCUT2D eigenvalue weighted by Crippen LogP contribution is 2.12. The van der Waals surface area contributed by atoms with Crippen molar-refractivity contribution >= 4 is 23.1 Å². The summed E-state index contributed by atoms with van der Waals surface area (Å²) in [7, 11) is 0. The van der Waals surface area contributed by atoms with Gasteiger partial charge in [-0.1, -0.05) is 19.1 Å². The Kier molecular flexibility index (Phi) is 6.85. The summed E-state index contributed by atoms with van der Waals surface area (Å²) in [6, 6.07) is 0.293. The molecule has 1 aliphatic rings. The second-order valence-electron chi connectivity index (χ2n) is 5.74. The Morgan fingerprint density at radius 2 is 1.70 bits per heavy atom. The first-order valence-electron chi connectivity index (χ1n) is 7.44. The topological polar surface area (TPSA) is 61.6 Å². The number of carbonyl (C=O) groups is 1. The van der Waals surface area contributed by atoms with Gasteiger partial charge in [-0.05, 0) is 27.2 Å². The lowest BCUT2D eigenvalue weighted by Gasteiger charge is -2.40. The fourth-order valence-corrected chi connectivity index (χ4v) is 2.96. The highest BCUT2D eigenvalue weighted by molar-refractivity contribution is 7.80. The first-order chi connectivity index (χ1) is 9.36. The third-order valence-corrected chi connectivity index (χ3v) is 4.13. The second-order valence-corrected chi connectivity index (χ2v) is 6.21. The van der Waals surface area contributed by atoms with Crippen LogP contribution in [0, 0.1) is 0 Å². The van der Waals surface area contributed by atoms with Crippen molar-refractivity contribution in [2.75, 3.05) is 26.2 Å². The van der Waals surface area contributed by atoms with Crippen LogP contribution >= 0.6 is 12.2 Å². The van der Waals surface area contributed by atoms with Crippen molar-refractivity contribution in [2.24, 2.45) is 5.73 Å². The minimum Gasteiger partial charge on any atom is -0.392 e. The normalized spacial score (nSPS) is 20.6. The van der Waals surface area contributed by atoms with Crippen LogP contribution in [0.4, 0.5) is 0 Å². The van der Waals surface area contributed by atoms with Gasteiger partial charge < -0.3 is 11.1 Å². The molecule has 0 aromatic rings.